The fourth-order valence-electron chi connectivity index (χ4n) is 3.55. The molecule has 0 radical (unpaired) electrons. The van der Waals surface area contributed by atoms with Crippen LogP contribution >= 0.6 is 0 Å². The molecule has 1 fully saturated rings. The van der Waals surface area contributed by atoms with Crippen molar-refractivity contribution in [3.8, 4) is 5.75 Å². The van der Waals surface area contributed by atoms with Crippen LogP contribution in [0.5, 0.6) is 5.75 Å². The van der Waals surface area contributed by atoms with E-state index in [-0.39, 0.29) is 18.3 Å². The fraction of sp³-hybridized carbons (Fsp3) is 0.455. The molecule has 0 aliphatic carbocycles. The lowest BCUT2D eigenvalue weighted by molar-refractivity contribution is 0.00578. The van der Waals surface area contributed by atoms with E-state index in [2.05, 4.69) is 56.9 Å². The predicted octanol–water partition coefficient (Wildman–Crippen LogP) is 3.38. The lowest BCUT2D eigenvalue weighted by atomic mass is 9.79. The second-order valence-corrected chi connectivity index (χ2v) is 8.49. The van der Waals surface area contributed by atoms with Crippen molar-refractivity contribution in [2.45, 2.75) is 52.0 Å². The van der Waals surface area contributed by atoms with Gasteiger partial charge in [-0.25, -0.2) is 0 Å². The molecule has 5 heteroatoms. The molecule has 0 spiro atoms. The van der Waals surface area contributed by atoms with Crippen molar-refractivity contribution in [3.63, 3.8) is 0 Å². The summed E-state index contributed by atoms with van der Waals surface area (Å²) in [6.45, 7) is 11.9. The molecule has 0 unspecified atom stereocenters. The Balaban J connectivity index is 1.28. The molecular formula is C22H28BNO3. The average molecular weight is 365 g/mol. The van der Waals surface area contributed by atoms with E-state index in [0.29, 0.717) is 6.61 Å². The van der Waals surface area contributed by atoms with Gasteiger partial charge in [0.15, 0.2) is 0 Å². The molecule has 2 heterocycles. The summed E-state index contributed by atoms with van der Waals surface area (Å²) in [7, 11) is -0.327. The molecule has 4 rings (SSSR count). The van der Waals surface area contributed by atoms with Crippen LogP contribution in [0.2, 0.25) is 0 Å². The van der Waals surface area contributed by atoms with Crippen LogP contribution in [-0.2, 0) is 22.4 Å². The van der Waals surface area contributed by atoms with E-state index in [0.717, 1.165) is 30.8 Å². The SMILES string of the molecule is CC1(C)OB(c2ccc(OCCN3Cc4ccccc4C3)cc2)OC1(C)C. The van der Waals surface area contributed by atoms with Crippen molar-refractivity contribution in [1.82, 2.24) is 4.90 Å². The Morgan fingerprint density at radius 2 is 1.44 bits per heavy atom. The van der Waals surface area contributed by atoms with Gasteiger partial charge >= 0.3 is 7.12 Å². The van der Waals surface area contributed by atoms with Gasteiger partial charge in [-0.1, -0.05) is 36.4 Å². The van der Waals surface area contributed by atoms with E-state index in [4.69, 9.17) is 14.0 Å². The third kappa shape index (κ3) is 3.77. The largest absolute Gasteiger partial charge is 0.494 e. The van der Waals surface area contributed by atoms with Gasteiger partial charge in [0.2, 0.25) is 0 Å². The molecular weight excluding hydrogens is 337 g/mol. The first-order valence-corrected chi connectivity index (χ1v) is 9.72. The molecule has 0 bridgehead atoms. The predicted molar refractivity (Wildman–Crippen MR) is 108 cm³/mol. The molecule has 0 atom stereocenters. The van der Waals surface area contributed by atoms with Gasteiger partial charge in [0.1, 0.15) is 12.4 Å². The molecule has 2 aromatic rings. The topological polar surface area (TPSA) is 30.9 Å². The number of nitrogens with zero attached hydrogens (tertiary/aromatic N) is 1. The van der Waals surface area contributed by atoms with Gasteiger partial charge in [-0.15, -0.1) is 0 Å². The Hall–Kier alpha value is -1.82. The van der Waals surface area contributed by atoms with E-state index in [1.165, 1.54) is 11.1 Å². The lowest BCUT2D eigenvalue weighted by Gasteiger charge is -2.32. The summed E-state index contributed by atoms with van der Waals surface area (Å²) < 4.78 is 18.1. The summed E-state index contributed by atoms with van der Waals surface area (Å²) in [6, 6.07) is 16.7. The summed E-state index contributed by atoms with van der Waals surface area (Å²) in [5.41, 5.74) is 3.25. The molecule has 0 N–H and O–H groups in total. The maximum absolute atomic E-state index is 6.10. The number of hydrogen-bond acceptors (Lipinski definition) is 4. The summed E-state index contributed by atoms with van der Waals surface area (Å²) in [6.07, 6.45) is 0. The van der Waals surface area contributed by atoms with Crippen molar-refractivity contribution >= 4 is 12.6 Å². The third-order valence-electron chi connectivity index (χ3n) is 5.99. The normalized spacial score (nSPS) is 20.7. The Kier molecular flexibility index (Phi) is 4.79. The maximum atomic E-state index is 6.10. The van der Waals surface area contributed by atoms with E-state index in [9.17, 15) is 0 Å². The first kappa shape index (κ1) is 18.5. The second kappa shape index (κ2) is 6.97. The molecule has 0 aromatic heterocycles. The second-order valence-electron chi connectivity index (χ2n) is 8.49. The molecule has 0 saturated carbocycles. The molecule has 2 aliphatic heterocycles. The van der Waals surface area contributed by atoms with Gasteiger partial charge in [0.05, 0.1) is 11.2 Å². The molecule has 142 valence electrons. The zero-order valence-corrected chi connectivity index (χ0v) is 16.7. The number of rotatable bonds is 5. The average Bonchev–Trinajstić information content (AvgIpc) is 3.13. The van der Waals surface area contributed by atoms with Gasteiger partial charge in [-0.05, 0) is 56.4 Å². The zero-order valence-electron chi connectivity index (χ0n) is 16.7. The first-order chi connectivity index (χ1) is 12.8. The highest BCUT2D eigenvalue weighted by Crippen LogP contribution is 2.36. The number of benzene rings is 2. The monoisotopic (exact) mass is 365 g/mol. The van der Waals surface area contributed by atoms with Gasteiger partial charge in [0.25, 0.3) is 0 Å². The molecule has 0 amide bonds. The van der Waals surface area contributed by atoms with Crippen LogP contribution in [0.4, 0.5) is 0 Å². The van der Waals surface area contributed by atoms with E-state index < -0.39 is 0 Å². The maximum Gasteiger partial charge on any atom is 0.494 e. The van der Waals surface area contributed by atoms with Crippen LogP contribution in [0.15, 0.2) is 48.5 Å². The van der Waals surface area contributed by atoms with Crippen LogP contribution in [0.1, 0.15) is 38.8 Å². The third-order valence-corrected chi connectivity index (χ3v) is 5.99. The molecule has 1 saturated heterocycles. The molecule has 2 aliphatic rings. The van der Waals surface area contributed by atoms with Crippen molar-refractivity contribution in [1.29, 1.82) is 0 Å². The van der Waals surface area contributed by atoms with Crippen molar-refractivity contribution in [3.05, 3.63) is 59.7 Å². The molecule has 2 aromatic carbocycles. The summed E-state index contributed by atoms with van der Waals surface area (Å²) in [5.74, 6) is 0.881. The zero-order chi connectivity index (χ0) is 19.1. The van der Waals surface area contributed by atoms with Gasteiger partial charge < -0.3 is 14.0 Å². The van der Waals surface area contributed by atoms with E-state index in [1.807, 2.05) is 24.3 Å². The summed E-state index contributed by atoms with van der Waals surface area (Å²) in [4.78, 5) is 2.42. The smallest absolute Gasteiger partial charge is 0.492 e. The van der Waals surface area contributed by atoms with Gasteiger partial charge in [-0.3, -0.25) is 4.90 Å². The summed E-state index contributed by atoms with van der Waals surface area (Å²) >= 11 is 0. The minimum atomic E-state index is -0.327. The first-order valence-electron chi connectivity index (χ1n) is 9.72. The Labute approximate surface area is 162 Å². The highest BCUT2D eigenvalue weighted by Gasteiger charge is 2.51. The number of fused-ring (bicyclic) bond motifs is 1. The fourth-order valence-corrected chi connectivity index (χ4v) is 3.55. The van der Waals surface area contributed by atoms with Gasteiger partial charge in [0, 0.05) is 19.6 Å². The minimum Gasteiger partial charge on any atom is -0.492 e. The lowest BCUT2D eigenvalue weighted by Crippen LogP contribution is -2.41. The minimum absolute atomic E-state index is 0.319. The molecule has 27 heavy (non-hydrogen) atoms. The van der Waals surface area contributed by atoms with Crippen LogP contribution in [0.25, 0.3) is 0 Å². The quantitative estimate of drug-likeness (QED) is 0.761. The Bertz CT molecular complexity index is 762. The van der Waals surface area contributed by atoms with E-state index in [1.54, 1.807) is 0 Å². The van der Waals surface area contributed by atoms with Crippen LogP contribution in [0, 0.1) is 0 Å². The van der Waals surface area contributed by atoms with Crippen molar-refractivity contribution < 1.29 is 14.0 Å². The van der Waals surface area contributed by atoms with Gasteiger partial charge in [-0.2, -0.15) is 0 Å². The van der Waals surface area contributed by atoms with E-state index >= 15 is 0 Å². The summed E-state index contributed by atoms with van der Waals surface area (Å²) in [5, 5.41) is 0. The standard InChI is InChI=1S/C22H28BNO3/c1-21(2)22(3,4)27-23(26-21)19-9-11-20(12-10-19)25-14-13-24-15-17-7-5-6-8-18(17)16-24/h5-12H,13-16H2,1-4H3. The van der Waals surface area contributed by atoms with Crippen LogP contribution < -0.4 is 10.2 Å². The van der Waals surface area contributed by atoms with Crippen LogP contribution in [-0.4, -0.2) is 36.4 Å². The highest BCUT2D eigenvalue weighted by atomic mass is 16.7. The number of hydrogen-bond donors (Lipinski definition) is 0. The number of ether oxygens (including phenoxy) is 1. The molecule has 4 nitrogen and oxygen atoms in total. The van der Waals surface area contributed by atoms with Crippen LogP contribution in [0.3, 0.4) is 0 Å². The van der Waals surface area contributed by atoms with Crippen molar-refractivity contribution in [2.24, 2.45) is 0 Å². The Morgan fingerprint density at radius 3 is 2.00 bits per heavy atom. The Morgan fingerprint density at radius 1 is 0.889 bits per heavy atom. The van der Waals surface area contributed by atoms with Crippen molar-refractivity contribution in [2.75, 3.05) is 13.2 Å². The highest BCUT2D eigenvalue weighted by molar-refractivity contribution is 6.62.